The number of benzene rings is 1. The minimum atomic E-state index is 0. The van der Waals surface area contributed by atoms with Gasteiger partial charge in [0.25, 0.3) is 0 Å². The molecule has 5 nitrogen and oxygen atoms in total. The lowest BCUT2D eigenvalue weighted by Crippen LogP contribution is -2.28. The maximum Gasteiger partial charge on any atom is 0.220 e. The Hall–Kier alpha value is -1.59. The average Bonchev–Trinajstić information content (AvgIpc) is 2.43. The number of hydrogen-bond donors (Lipinski definition) is 2. The molecule has 0 radical (unpaired) electrons. The molecule has 1 aromatic rings. The van der Waals surface area contributed by atoms with Crippen LogP contribution in [0.15, 0.2) is 24.3 Å². The highest BCUT2D eigenvalue weighted by Gasteiger charge is 2.03. The SMILES string of the molecule is CC(=O)c1ccc(OCCCC(=O)NCCC(C)N)cc1.Cl. The minimum Gasteiger partial charge on any atom is -0.494 e. The van der Waals surface area contributed by atoms with Crippen molar-refractivity contribution in [1.82, 2.24) is 5.32 Å². The van der Waals surface area contributed by atoms with Crippen LogP contribution in [-0.2, 0) is 4.79 Å². The van der Waals surface area contributed by atoms with E-state index in [1.807, 2.05) is 6.92 Å². The van der Waals surface area contributed by atoms with Gasteiger partial charge in [0.2, 0.25) is 5.91 Å². The molecule has 3 N–H and O–H groups in total. The van der Waals surface area contributed by atoms with E-state index >= 15 is 0 Å². The highest BCUT2D eigenvalue weighted by atomic mass is 35.5. The number of ether oxygens (including phenoxy) is 1. The van der Waals surface area contributed by atoms with Gasteiger partial charge in [-0.1, -0.05) is 0 Å². The van der Waals surface area contributed by atoms with E-state index in [4.69, 9.17) is 10.5 Å². The number of Topliss-reactive ketones (excluding diaryl/α,β-unsaturated/α-hetero) is 1. The molecule has 0 fully saturated rings. The average molecular weight is 329 g/mol. The quantitative estimate of drug-likeness (QED) is 0.538. The van der Waals surface area contributed by atoms with Gasteiger partial charge in [-0.15, -0.1) is 12.4 Å². The van der Waals surface area contributed by atoms with Crippen molar-refractivity contribution in [3.63, 3.8) is 0 Å². The smallest absolute Gasteiger partial charge is 0.220 e. The Bertz CT molecular complexity index is 461. The number of nitrogens with one attached hydrogen (secondary N) is 1. The molecule has 0 saturated carbocycles. The standard InChI is InChI=1S/C16H24N2O3.ClH/c1-12(17)9-10-18-16(20)4-3-11-21-15-7-5-14(6-8-15)13(2)19;/h5-8,12H,3-4,9-11,17H2,1-2H3,(H,18,20);1H. The molecule has 1 unspecified atom stereocenters. The van der Waals surface area contributed by atoms with Crippen LogP contribution >= 0.6 is 12.4 Å². The zero-order valence-electron chi connectivity index (χ0n) is 13.1. The molecule has 0 bridgehead atoms. The first-order chi connectivity index (χ1) is 9.99. The van der Waals surface area contributed by atoms with Crippen LogP contribution < -0.4 is 15.8 Å². The maximum absolute atomic E-state index is 11.5. The molecule has 124 valence electrons. The Morgan fingerprint density at radius 1 is 1.27 bits per heavy atom. The molecule has 0 saturated heterocycles. The predicted molar refractivity (Wildman–Crippen MR) is 89.7 cm³/mol. The maximum atomic E-state index is 11.5. The van der Waals surface area contributed by atoms with Crippen LogP contribution in [0, 0.1) is 0 Å². The molecule has 0 aliphatic carbocycles. The number of carbonyl (C=O) groups is 2. The molecule has 0 heterocycles. The van der Waals surface area contributed by atoms with Gasteiger partial charge >= 0.3 is 0 Å². The lowest BCUT2D eigenvalue weighted by atomic mass is 10.1. The second-order valence-corrected chi connectivity index (χ2v) is 5.15. The fourth-order valence-corrected chi connectivity index (χ4v) is 1.74. The van der Waals surface area contributed by atoms with E-state index < -0.39 is 0 Å². The van der Waals surface area contributed by atoms with Gasteiger partial charge in [-0.25, -0.2) is 0 Å². The summed E-state index contributed by atoms with van der Waals surface area (Å²) in [6, 6.07) is 7.10. The molecule has 0 aliphatic heterocycles. The van der Waals surface area contributed by atoms with Gasteiger partial charge in [-0.05, 0) is 51.0 Å². The molecule has 22 heavy (non-hydrogen) atoms. The highest BCUT2D eigenvalue weighted by Crippen LogP contribution is 2.12. The molecule has 1 atom stereocenters. The Labute approximate surface area is 138 Å². The predicted octanol–water partition coefficient (Wildman–Crippen LogP) is 2.32. The van der Waals surface area contributed by atoms with Gasteiger partial charge < -0.3 is 15.8 Å². The first kappa shape index (κ1) is 20.4. The summed E-state index contributed by atoms with van der Waals surface area (Å²) in [7, 11) is 0. The van der Waals surface area contributed by atoms with E-state index in [1.165, 1.54) is 6.92 Å². The molecule has 6 heteroatoms. The zero-order valence-corrected chi connectivity index (χ0v) is 13.9. The molecule has 0 aromatic heterocycles. The summed E-state index contributed by atoms with van der Waals surface area (Å²) < 4.78 is 5.52. The van der Waals surface area contributed by atoms with Crippen molar-refractivity contribution in [3.8, 4) is 5.75 Å². The minimum absolute atomic E-state index is 0. The van der Waals surface area contributed by atoms with E-state index in [1.54, 1.807) is 24.3 Å². The van der Waals surface area contributed by atoms with Gasteiger partial charge in [0.1, 0.15) is 5.75 Å². The summed E-state index contributed by atoms with van der Waals surface area (Å²) in [5.41, 5.74) is 6.26. The zero-order chi connectivity index (χ0) is 15.7. The van der Waals surface area contributed by atoms with Crippen molar-refractivity contribution in [2.75, 3.05) is 13.2 Å². The van der Waals surface area contributed by atoms with Crippen molar-refractivity contribution >= 4 is 24.1 Å². The summed E-state index contributed by atoms with van der Waals surface area (Å²) in [5, 5.41) is 2.82. The van der Waals surface area contributed by atoms with Crippen LogP contribution in [0.25, 0.3) is 0 Å². The molecule has 1 amide bonds. The number of hydrogen-bond acceptors (Lipinski definition) is 4. The van der Waals surface area contributed by atoms with Crippen LogP contribution in [0.2, 0.25) is 0 Å². The summed E-state index contributed by atoms with van der Waals surface area (Å²) in [6.07, 6.45) is 1.87. The van der Waals surface area contributed by atoms with E-state index in [0.717, 1.165) is 6.42 Å². The van der Waals surface area contributed by atoms with Gasteiger partial charge in [0.15, 0.2) is 5.78 Å². The number of ketones is 1. The summed E-state index contributed by atoms with van der Waals surface area (Å²) >= 11 is 0. The first-order valence-electron chi connectivity index (χ1n) is 7.25. The topological polar surface area (TPSA) is 81.4 Å². The fourth-order valence-electron chi connectivity index (χ4n) is 1.74. The van der Waals surface area contributed by atoms with Crippen molar-refractivity contribution in [2.24, 2.45) is 5.73 Å². The van der Waals surface area contributed by atoms with Crippen LogP contribution in [0.4, 0.5) is 0 Å². The third kappa shape index (κ3) is 8.64. The Kier molecular flexibility index (Phi) is 10.2. The van der Waals surface area contributed by atoms with Crippen LogP contribution in [0.1, 0.15) is 43.5 Å². The first-order valence-corrected chi connectivity index (χ1v) is 7.25. The van der Waals surface area contributed by atoms with E-state index in [0.29, 0.717) is 37.3 Å². The normalized spacial score (nSPS) is 11.2. The van der Waals surface area contributed by atoms with Crippen LogP contribution in [-0.4, -0.2) is 30.9 Å². The van der Waals surface area contributed by atoms with Crippen LogP contribution in [0.3, 0.4) is 0 Å². The van der Waals surface area contributed by atoms with E-state index in [9.17, 15) is 9.59 Å². The highest BCUT2D eigenvalue weighted by molar-refractivity contribution is 5.94. The van der Waals surface area contributed by atoms with Gasteiger partial charge in [-0.3, -0.25) is 9.59 Å². The van der Waals surface area contributed by atoms with Gasteiger partial charge in [0, 0.05) is 24.6 Å². The molecule has 0 spiro atoms. The molecular weight excluding hydrogens is 304 g/mol. The Balaban J connectivity index is 0.00000441. The lowest BCUT2D eigenvalue weighted by Gasteiger charge is -2.08. The van der Waals surface area contributed by atoms with Crippen LogP contribution in [0.5, 0.6) is 5.75 Å². The van der Waals surface area contributed by atoms with Crippen molar-refractivity contribution in [1.29, 1.82) is 0 Å². The number of carbonyl (C=O) groups excluding carboxylic acids is 2. The molecular formula is C16H25ClN2O3. The van der Waals surface area contributed by atoms with Crippen molar-refractivity contribution in [2.45, 2.75) is 39.2 Å². The summed E-state index contributed by atoms with van der Waals surface area (Å²) in [6.45, 7) is 4.53. The van der Waals surface area contributed by atoms with Crippen molar-refractivity contribution < 1.29 is 14.3 Å². The molecule has 1 rings (SSSR count). The largest absolute Gasteiger partial charge is 0.494 e. The van der Waals surface area contributed by atoms with E-state index in [-0.39, 0.29) is 30.1 Å². The fraction of sp³-hybridized carbons (Fsp3) is 0.500. The monoisotopic (exact) mass is 328 g/mol. The third-order valence-electron chi connectivity index (χ3n) is 3.00. The van der Waals surface area contributed by atoms with Gasteiger partial charge in [-0.2, -0.15) is 0 Å². The number of amides is 1. The van der Waals surface area contributed by atoms with E-state index in [2.05, 4.69) is 5.32 Å². The second kappa shape index (κ2) is 11.0. The number of nitrogens with two attached hydrogens (primary N) is 1. The molecule has 0 aliphatic rings. The van der Waals surface area contributed by atoms with Crippen molar-refractivity contribution in [3.05, 3.63) is 29.8 Å². The second-order valence-electron chi connectivity index (χ2n) is 5.15. The van der Waals surface area contributed by atoms with Gasteiger partial charge in [0.05, 0.1) is 6.61 Å². The summed E-state index contributed by atoms with van der Waals surface area (Å²) in [5.74, 6) is 0.758. The Morgan fingerprint density at radius 2 is 1.91 bits per heavy atom. The third-order valence-corrected chi connectivity index (χ3v) is 3.00. The number of rotatable bonds is 9. The number of halogens is 1. The molecule has 1 aromatic carbocycles. The summed E-state index contributed by atoms with van der Waals surface area (Å²) in [4.78, 5) is 22.6. The Morgan fingerprint density at radius 3 is 2.45 bits per heavy atom. The lowest BCUT2D eigenvalue weighted by molar-refractivity contribution is -0.121.